The van der Waals surface area contributed by atoms with Crippen molar-refractivity contribution in [3.63, 3.8) is 0 Å². The molecule has 0 atom stereocenters. The van der Waals surface area contributed by atoms with E-state index in [0.29, 0.717) is 15.6 Å². The molecule has 0 fully saturated rings. The number of benzene rings is 2. The minimum absolute atomic E-state index is 0.127. The van der Waals surface area contributed by atoms with Crippen molar-refractivity contribution in [1.29, 1.82) is 0 Å². The highest BCUT2D eigenvalue weighted by Crippen LogP contribution is 2.25. The molecule has 0 saturated heterocycles. The van der Waals surface area contributed by atoms with Crippen LogP contribution >= 0.6 is 23.2 Å². The quantitative estimate of drug-likeness (QED) is 0.689. The van der Waals surface area contributed by atoms with Crippen LogP contribution in [0.3, 0.4) is 0 Å². The summed E-state index contributed by atoms with van der Waals surface area (Å²) in [6, 6.07) is 9.14. The number of carbonyl (C=O) groups is 1. The second kappa shape index (κ2) is 8.14. The molecule has 0 aliphatic carbocycles. The van der Waals surface area contributed by atoms with Gasteiger partial charge in [-0.3, -0.25) is 4.79 Å². The molecular weight excluding hydrogens is 392 g/mol. The van der Waals surface area contributed by atoms with E-state index in [4.69, 9.17) is 27.9 Å². The molecule has 0 heterocycles. The minimum Gasteiger partial charge on any atom is -0.460 e. The predicted molar refractivity (Wildman–Crippen MR) is 92.5 cm³/mol. The number of nitrogens with zero attached hydrogens (tertiary/aromatic N) is 1. The molecule has 2 rings (SSSR count). The number of hydrogen-bond acceptors (Lipinski definition) is 4. The van der Waals surface area contributed by atoms with Crippen molar-refractivity contribution in [3.05, 3.63) is 63.9 Å². The van der Waals surface area contributed by atoms with E-state index in [-0.39, 0.29) is 11.5 Å². The maximum Gasteiger partial charge on any atom is 0.321 e. The normalized spacial score (nSPS) is 11.6. The maximum atomic E-state index is 12.9. The van der Waals surface area contributed by atoms with Crippen LogP contribution in [-0.4, -0.2) is 32.3 Å². The Balaban J connectivity index is 2.01. The van der Waals surface area contributed by atoms with E-state index in [9.17, 15) is 17.6 Å². The lowest BCUT2D eigenvalue weighted by atomic mass is 10.2. The van der Waals surface area contributed by atoms with Crippen molar-refractivity contribution in [1.82, 2.24) is 4.31 Å². The molecule has 0 aromatic heterocycles. The SMILES string of the molecule is CN(CC(=O)OCc1c(Cl)cccc1Cl)S(=O)(=O)c1ccc(F)cc1. The first-order chi connectivity index (χ1) is 11.7. The summed E-state index contributed by atoms with van der Waals surface area (Å²) in [5.41, 5.74) is 0.434. The van der Waals surface area contributed by atoms with Gasteiger partial charge < -0.3 is 4.74 Å². The standard InChI is InChI=1S/C16H14Cl2FNO4S/c1-20(25(22,23)12-7-5-11(19)6-8-12)9-16(21)24-10-13-14(17)3-2-4-15(13)18/h2-8H,9-10H2,1H3. The van der Waals surface area contributed by atoms with E-state index < -0.39 is 28.4 Å². The topological polar surface area (TPSA) is 63.7 Å². The molecule has 0 N–H and O–H groups in total. The highest BCUT2D eigenvalue weighted by atomic mass is 35.5. The monoisotopic (exact) mass is 405 g/mol. The third kappa shape index (κ3) is 4.92. The molecule has 134 valence electrons. The van der Waals surface area contributed by atoms with Gasteiger partial charge in [0.25, 0.3) is 0 Å². The number of ether oxygens (including phenoxy) is 1. The van der Waals surface area contributed by atoms with Crippen LogP contribution in [0.1, 0.15) is 5.56 Å². The second-order valence-corrected chi connectivity index (χ2v) is 7.94. The maximum absolute atomic E-state index is 12.9. The van der Waals surface area contributed by atoms with E-state index >= 15 is 0 Å². The average molecular weight is 406 g/mol. The van der Waals surface area contributed by atoms with Gasteiger partial charge in [0.2, 0.25) is 10.0 Å². The van der Waals surface area contributed by atoms with Gasteiger partial charge in [-0.25, -0.2) is 12.8 Å². The zero-order valence-electron chi connectivity index (χ0n) is 13.1. The molecule has 0 spiro atoms. The van der Waals surface area contributed by atoms with Crippen LogP contribution in [0.5, 0.6) is 0 Å². The highest BCUT2D eigenvalue weighted by molar-refractivity contribution is 7.89. The van der Waals surface area contributed by atoms with E-state index in [1.54, 1.807) is 18.2 Å². The first kappa shape index (κ1) is 19.7. The lowest BCUT2D eigenvalue weighted by Crippen LogP contribution is -2.33. The first-order valence-corrected chi connectivity index (χ1v) is 9.22. The van der Waals surface area contributed by atoms with Crippen molar-refractivity contribution in [3.8, 4) is 0 Å². The fourth-order valence-electron chi connectivity index (χ4n) is 1.92. The Morgan fingerprint density at radius 3 is 2.24 bits per heavy atom. The van der Waals surface area contributed by atoms with Crippen LogP contribution in [-0.2, 0) is 26.2 Å². The number of halogens is 3. The van der Waals surface area contributed by atoms with Gasteiger partial charge in [0.1, 0.15) is 19.0 Å². The summed E-state index contributed by atoms with van der Waals surface area (Å²) in [5.74, 6) is -1.33. The zero-order valence-corrected chi connectivity index (χ0v) is 15.4. The summed E-state index contributed by atoms with van der Waals surface area (Å²) in [6.07, 6.45) is 0. The Morgan fingerprint density at radius 1 is 1.12 bits per heavy atom. The molecule has 9 heteroatoms. The molecular formula is C16H14Cl2FNO4S. The molecule has 25 heavy (non-hydrogen) atoms. The summed E-state index contributed by atoms with van der Waals surface area (Å²) < 4.78 is 43.4. The van der Waals surface area contributed by atoms with Crippen LogP contribution < -0.4 is 0 Å². The van der Waals surface area contributed by atoms with Crippen molar-refractivity contribution in [2.24, 2.45) is 0 Å². The fraction of sp³-hybridized carbons (Fsp3) is 0.188. The third-order valence-corrected chi connectivity index (χ3v) is 5.84. The second-order valence-electron chi connectivity index (χ2n) is 5.08. The van der Waals surface area contributed by atoms with E-state index in [1.165, 1.54) is 7.05 Å². The molecule has 0 radical (unpaired) electrons. The van der Waals surface area contributed by atoms with Gasteiger partial charge in [-0.15, -0.1) is 0 Å². The van der Waals surface area contributed by atoms with Crippen LogP contribution in [0, 0.1) is 5.82 Å². The Morgan fingerprint density at radius 2 is 1.68 bits per heavy atom. The third-order valence-electron chi connectivity index (χ3n) is 3.31. The van der Waals surface area contributed by atoms with E-state index in [0.717, 1.165) is 28.6 Å². The number of sulfonamides is 1. The van der Waals surface area contributed by atoms with Crippen molar-refractivity contribution < 1.29 is 22.3 Å². The molecule has 0 amide bonds. The number of esters is 1. The van der Waals surface area contributed by atoms with Gasteiger partial charge in [0, 0.05) is 22.7 Å². The predicted octanol–water partition coefficient (Wildman–Crippen LogP) is 3.50. The van der Waals surface area contributed by atoms with Gasteiger partial charge >= 0.3 is 5.97 Å². The van der Waals surface area contributed by atoms with Gasteiger partial charge in [-0.2, -0.15) is 4.31 Å². The van der Waals surface area contributed by atoms with Crippen LogP contribution in [0.4, 0.5) is 4.39 Å². The molecule has 0 saturated carbocycles. The molecule has 2 aromatic rings. The molecule has 0 unspecified atom stereocenters. The van der Waals surface area contributed by atoms with Crippen LogP contribution in [0.2, 0.25) is 10.0 Å². The minimum atomic E-state index is -3.94. The van der Waals surface area contributed by atoms with E-state index in [2.05, 4.69) is 0 Å². The molecule has 0 bridgehead atoms. The summed E-state index contributed by atoms with van der Waals surface area (Å²) in [4.78, 5) is 11.8. The smallest absolute Gasteiger partial charge is 0.321 e. The van der Waals surface area contributed by atoms with Crippen LogP contribution in [0.25, 0.3) is 0 Å². The molecule has 2 aromatic carbocycles. The number of carbonyl (C=O) groups excluding carboxylic acids is 1. The highest BCUT2D eigenvalue weighted by Gasteiger charge is 2.23. The van der Waals surface area contributed by atoms with Gasteiger partial charge in [-0.1, -0.05) is 29.3 Å². The Bertz CT molecular complexity index is 852. The van der Waals surface area contributed by atoms with Gasteiger partial charge in [0.05, 0.1) is 4.90 Å². The molecule has 0 aliphatic rings. The fourth-order valence-corrected chi connectivity index (χ4v) is 3.54. The Kier molecular flexibility index (Phi) is 6.40. The first-order valence-electron chi connectivity index (χ1n) is 7.02. The van der Waals surface area contributed by atoms with Crippen LogP contribution in [0.15, 0.2) is 47.4 Å². The lowest BCUT2D eigenvalue weighted by molar-refractivity contribution is -0.144. The largest absolute Gasteiger partial charge is 0.460 e. The Labute approximate surface area is 155 Å². The van der Waals surface area contributed by atoms with Crippen molar-refractivity contribution in [2.45, 2.75) is 11.5 Å². The number of hydrogen-bond donors (Lipinski definition) is 0. The van der Waals surface area contributed by atoms with Crippen molar-refractivity contribution in [2.75, 3.05) is 13.6 Å². The summed E-state index contributed by atoms with van der Waals surface area (Å²) in [7, 11) is -2.71. The molecule has 0 aliphatic heterocycles. The molecule has 5 nitrogen and oxygen atoms in total. The summed E-state index contributed by atoms with van der Waals surface area (Å²) >= 11 is 11.9. The number of rotatable bonds is 6. The Hall–Kier alpha value is -1.67. The lowest BCUT2D eigenvalue weighted by Gasteiger charge is -2.16. The van der Waals surface area contributed by atoms with Crippen molar-refractivity contribution >= 4 is 39.2 Å². The van der Waals surface area contributed by atoms with E-state index in [1.807, 2.05) is 0 Å². The average Bonchev–Trinajstić information content (AvgIpc) is 2.54. The summed E-state index contributed by atoms with van der Waals surface area (Å²) in [5, 5.41) is 0.681. The van der Waals surface area contributed by atoms with Gasteiger partial charge in [-0.05, 0) is 36.4 Å². The van der Waals surface area contributed by atoms with Gasteiger partial charge in [0.15, 0.2) is 0 Å². The summed E-state index contributed by atoms with van der Waals surface area (Å²) in [6.45, 7) is -0.691. The number of likely N-dealkylation sites (N-methyl/N-ethyl adjacent to an activating group) is 1. The zero-order chi connectivity index (χ0) is 18.6.